The van der Waals surface area contributed by atoms with E-state index in [2.05, 4.69) is 5.32 Å². The number of carboxylic acid groups (broad SMARTS) is 1. The average molecular weight is 308 g/mol. The second-order valence-corrected chi connectivity index (χ2v) is 7.46. The largest absolute Gasteiger partial charge is 0.481 e. The second kappa shape index (κ2) is 6.47. The minimum atomic E-state index is -0.716. The molecule has 5 heteroatoms. The SMILES string of the molecule is O=C(NCCCC1CCCC1)N1C[C@@H]2CCC[C@@]2(C(=O)O)C1. The zero-order valence-corrected chi connectivity index (χ0v) is 13.4. The Bertz CT molecular complexity index is 434. The van der Waals surface area contributed by atoms with Crippen LogP contribution < -0.4 is 5.32 Å². The van der Waals surface area contributed by atoms with E-state index in [-0.39, 0.29) is 11.9 Å². The number of rotatable bonds is 5. The lowest BCUT2D eigenvalue weighted by Gasteiger charge is -2.23. The third kappa shape index (κ3) is 2.95. The molecule has 2 atom stereocenters. The van der Waals surface area contributed by atoms with E-state index in [9.17, 15) is 14.7 Å². The van der Waals surface area contributed by atoms with E-state index in [1.807, 2.05) is 0 Å². The van der Waals surface area contributed by atoms with Crippen LogP contribution in [0.2, 0.25) is 0 Å². The molecule has 2 amide bonds. The Labute approximate surface area is 132 Å². The Morgan fingerprint density at radius 3 is 2.64 bits per heavy atom. The summed E-state index contributed by atoms with van der Waals surface area (Å²) in [5.41, 5.74) is -0.665. The van der Waals surface area contributed by atoms with Crippen LogP contribution >= 0.6 is 0 Å². The first-order valence-electron chi connectivity index (χ1n) is 8.88. The van der Waals surface area contributed by atoms with Crippen LogP contribution in [0.5, 0.6) is 0 Å². The van der Waals surface area contributed by atoms with Crippen molar-refractivity contribution in [3.8, 4) is 0 Å². The van der Waals surface area contributed by atoms with Crippen molar-refractivity contribution < 1.29 is 14.7 Å². The first kappa shape index (κ1) is 15.6. The topological polar surface area (TPSA) is 69.6 Å². The summed E-state index contributed by atoms with van der Waals surface area (Å²) in [6.07, 6.45) is 10.3. The number of carboxylic acids is 1. The number of carbonyl (C=O) groups is 2. The van der Waals surface area contributed by atoms with E-state index in [1.54, 1.807) is 4.90 Å². The van der Waals surface area contributed by atoms with Crippen LogP contribution in [0.15, 0.2) is 0 Å². The molecule has 2 N–H and O–H groups in total. The zero-order chi connectivity index (χ0) is 15.6. The summed E-state index contributed by atoms with van der Waals surface area (Å²) < 4.78 is 0. The van der Waals surface area contributed by atoms with Crippen molar-refractivity contribution >= 4 is 12.0 Å². The summed E-state index contributed by atoms with van der Waals surface area (Å²) in [5.74, 6) is 0.291. The van der Waals surface area contributed by atoms with Crippen molar-refractivity contribution in [1.29, 1.82) is 0 Å². The molecule has 0 unspecified atom stereocenters. The molecule has 0 aromatic heterocycles. The average Bonchev–Trinajstić information content (AvgIpc) is 3.17. The van der Waals surface area contributed by atoms with Crippen molar-refractivity contribution in [3.63, 3.8) is 0 Å². The van der Waals surface area contributed by atoms with Gasteiger partial charge < -0.3 is 15.3 Å². The highest BCUT2D eigenvalue weighted by Crippen LogP contribution is 2.48. The van der Waals surface area contributed by atoms with Gasteiger partial charge in [-0.2, -0.15) is 0 Å². The molecule has 0 radical (unpaired) electrons. The lowest BCUT2D eigenvalue weighted by atomic mass is 9.81. The molecule has 2 aliphatic carbocycles. The first-order chi connectivity index (χ1) is 10.6. The molecule has 124 valence electrons. The standard InChI is InChI=1S/C17H28N2O3/c20-15(21)17-9-3-8-14(17)11-19(12-17)16(22)18-10-4-7-13-5-1-2-6-13/h13-14H,1-12H2,(H,18,22)(H,20,21)/t14-,17+/m0/s1. The summed E-state index contributed by atoms with van der Waals surface area (Å²) in [6, 6.07) is -0.0681. The molecule has 2 saturated carbocycles. The van der Waals surface area contributed by atoms with Crippen LogP contribution in [-0.4, -0.2) is 41.6 Å². The number of urea groups is 1. The maximum absolute atomic E-state index is 12.3. The van der Waals surface area contributed by atoms with Gasteiger partial charge in [0, 0.05) is 19.6 Å². The van der Waals surface area contributed by atoms with Crippen LogP contribution in [0, 0.1) is 17.3 Å². The van der Waals surface area contributed by atoms with Gasteiger partial charge in [-0.25, -0.2) is 4.79 Å². The van der Waals surface area contributed by atoms with Crippen molar-refractivity contribution in [2.75, 3.05) is 19.6 Å². The molecule has 0 bridgehead atoms. The Hall–Kier alpha value is -1.26. The number of nitrogens with one attached hydrogen (secondary N) is 1. The smallest absolute Gasteiger partial charge is 0.317 e. The van der Waals surface area contributed by atoms with Gasteiger partial charge in [-0.1, -0.05) is 32.1 Å². The molecular weight excluding hydrogens is 280 g/mol. The van der Waals surface area contributed by atoms with Crippen LogP contribution in [0.4, 0.5) is 4.79 Å². The normalized spacial score (nSPS) is 31.5. The number of carbonyl (C=O) groups excluding carboxylic acids is 1. The number of aliphatic carboxylic acids is 1. The van der Waals surface area contributed by atoms with E-state index in [0.717, 1.165) is 38.1 Å². The van der Waals surface area contributed by atoms with Gasteiger partial charge in [0.15, 0.2) is 0 Å². The van der Waals surface area contributed by atoms with E-state index in [0.29, 0.717) is 13.1 Å². The number of hydrogen-bond donors (Lipinski definition) is 2. The molecule has 22 heavy (non-hydrogen) atoms. The van der Waals surface area contributed by atoms with Crippen molar-refractivity contribution in [1.82, 2.24) is 10.2 Å². The number of nitrogens with zero attached hydrogens (tertiary/aromatic N) is 1. The number of hydrogen-bond acceptors (Lipinski definition) is 2. The monoisotopic (exact) mass is 308 g/mol. The van der Waals surface area contributed by atoms with Crippen molar-refractivity contribution in [2.45, 2.75) is 57.8 Å². The van der Waals surface area contributed by atoms with Gasteiger partial charge in [0.2, 0.25) is 0 Å². The van der Waals surface area contributed by atoms with Crippen LogP contribution in [0.3, 0.4) is 0 Å². The fraction of sp³-hybridized carbons (Fsp3) is 0.882. The van der Waals surface area contributed by atoms with Gasteiger partial charge >= 0.3 is 12.0 Å². The molecule has 0 spiro atoms. The maximum atomic E-state index is 12.3. The van der Waals surface area contributed by atoms with Crippen LogP contribution in [0.25, 0.3) is 0 Å². The highest BCUT2D eigenvalue weighted by molar-refractivity contribution is 5.80. The Kier molecular flexibility index (Phi) is 4.59. The molecule has 3 rings (SSSR count). The molecule has 3 fully saturated rings. The third-order valence-electron chi connectivity index (χ3n) is 6.12. The van der Waals surface area contributed by atoms with Crippen LogP contribution in [-0.2, 0) is 4.79 Å². The molecule has 1 saturated heterocycles. The predicted molar refractivity (Wildman–Crippen MR) is 83.6 cm³/mol. The second-order valence-electron chi connectivity index (χ2n) is 7.46. The molecule has 1 aliphatic heterocycles. The molecule has 0 aromatic rings. The zero-order valence-electron chi connectivity index (χ0n) is 13.4. The minimum absolute atomic E-state index is 0.0681. The van der Waals surface area contributed by atoms with Gasteiger partial charge in [0.25, 0.3) is 0 Å². The lowest BCUT2D eigenvalue weighted by molar-refractivity contribution is -0.149. The number of likely N-dealkylation sites (tertiary alicyclic amines) is 1. The molecular formula is C17H28N2O3. The number of fused-ring (bicyclic) bond motifs is 1. The quantitative estimate of drug-likeness (QED) is 0.767. The summed E-state index contributed by atoms with van der Waals surface area (Å²) in [7, 11) is 0. The van der Waals surface area contributed by atoms with Gasteiger partial charge in [0.05, 0.1) is 5.41 Å². The maximum Gasteiger partial charge on any atom is 0.317 e. The van der Waals surface area contributed by atoms with E-state index < -0.39 is 11.4 Å². The van der Waals surface area contributed by atoms with E-state index in [1.165, 1.54) is 32.1 Å². The highest BCUT2D eigenvalue weighted by Gasteiger charge is 2.55. The van der Waals surface area contributed by atoms with Gasteiger partial charge in [-0.15, -0.1) is 0 Å². The molecule has 1 heterocycles. The van der Waals surface area contributed by atoms with Crippen molar-refractivity contribution in [2.24, 2.45) is 17.3 Å². The summed E-state index contributed by atoms with van der Waals surface area (Å²) >= 11 is 0. The molecule has 3 aliphatic rings. The minimum Gasteiger partial charge on any atom is -0.481 e. The fourth-order valence-electron chi connectivity index (χ4n) is 4.79. The lowest BCUT2D eigenvalue weighted by Crippen LogP contribution is -2.42. The van der Waals surface area contributed by atoms with Crippen LogP contribution in [0.1, 0.15) is 57.8 Å². The van der Waals surface area contributed by atoms with Crippen molar-refractivity contribution in [3.05, 3.63) is 0 Å². The summed E-state index contributed by atoms with van der Waals surface area (Å²) in [6.45, 7) is 1.72. The van der Waals surface area contributed by atoms with Gasteiger partial charge in [0.1, 0.15) is 0 Å². The molecule has 0 aromatic carbocycles. The van der Waals surface area contributed by atoms with E-state index in [4.69, 9.17) is 0 Å². The number of amides is 2. The Morgan fingerprint density at radius 1 is 1.18 bits per heavy atom. The van der Waals surface area contributed by atoms with E-state index >= 15 is 0 Å². The first-order valence-corrected chi connectivity index (χ1v) is 8.88. The summed E-state index contributed by atoms with van der Waals surface area (Å²) in [5, 5.41) is 12.5. The summed E-state index contributed by atoms with van der Waals surface area (Å²) in [4.78, 5) is 25.6. The fourth-order valence-corrected chi connectivity index (χ4v) is 4.79. The molecule has 5 nitrogen and oxygen atoms in total. The van der Waals surface area contributed by atoms with Gasteiger partial charge in [-0.05, 0) is 37.5 Å². The highest BCUT2D eigenvalue weighted by atomic mass is 16.4. The van der Waals surface area contributed by atoms with Gasteiger partial charge in [-0.3, -0.25) is 4.79 Å². The predicted octanol–water partition coefficient (Wildman–Crippen LogP) is 2.85. The Balaban J connectivity index is 1.42. The third-order valence-corrected chi connectivity index (χ3v) is 6.12. The Morgan fingerprint density at radius 2 is 1.95 bits per heavy atom.